The molecule has 0 aromatic heterocycles. The summed E-state index contributed by atoms with van der Waals surface area (Å²) in [6.45, 7) is 2.18. The molecule has 1 aromatic rings. The van der Waals surface area contributed by atoms with Crippen LogP contribution in [-0.4, -0.2) is 24.9 Å². The Balaban J connectivity index is 1.80. The van der Waals surface area contributed by atoms with Crippen LogP contribution in [0, 0.1) is 5.92 Å². The third kappa shape index (κ3) is 4.43. The van der Waals surface area contributed by atoms with Crippen LogP contribution in [0.3, 0.4) is 0 Å². The highest BCUT2D eigenvalue weighted by molar-refractivity contribution is 5.23. The predicted molar refractivity (Wildman–Crippen MR) is 73.7 cm³/mol. The maximum absolute atomic E-state index is 8.86. The molecule has 0 bridgehead atoms. The quantitative estimate of drug-likeness (QED) is 0.838. The summed E-state index contributed by atoms with van der Waals surface area (Å²) in [5.41, 5.74) is 2.80. The summed E-state index contributed by atoms with van der Waals surface area (Å²) in [6, 6.07) is 8.83. The summed E-state index contributed by atoms with van der Waals surface area (Å²) in [4.78, 5) is 0. The second-order valence-corrected chi connectivity index (χ2v) is 5.24. The van der Waals surface area contributed by atoms with Crippen molar-refractivity contribution in [2.45, 2.75) is 38.5 Å². The Labute approximate surface area is 110 Å². The molecule has 1 heterocycles. The van der Waals surface area contributed by atoms with Gasteiger partial charge in [-0.1, -0.05) is 24.3 Å². The van der Waals surface area contributed by atoms with Crippen LogP contribution >= 0.6 is 0 Å². The average molecular weight is 248 g/mol. The number of benzene rings is 1. The molecule has 1 fully saturated rings. The number of hydrogen-bond acceptors (Lipinski definition) is 2. The zero-order valence-corrected chi connectivity index (χ0v) is 11.1. The van der Waals surface area contributed by atoms with Crippen LogP contribution in [0.15, 0.2) is 24.3 Å². The van der Waals surface area contributed by atoms with E-state index in [4.69, 9.17) is 9.84 Å². The number of aliphatic hydroxyl groups excluding tert-OH is 1. The van der Waals surface area contributed by atoms with E-state index in [0.717, 1.165) is 32.0 Å². The minimum Gasteiger partial charge on any atom is -0.396 e. The summed E-state index contributed by atoms with van der Waals surface area (Å²) in [5.74, 6) is 0.847. The first-order chi connectivity index (χ1) is 8.88. The standard InChI is InChI=1S/C16H24O2/c17-10-2-5-15-3-1-4-16(13-15)7-6-14-8-11-18-12-9-14/h1,3-4,13-14,17H,2,5-12H2. The molecule has 0 radical (unpaired) electrons. The predicted octanol–water partition coefficient (Wildman–Crippen LogP) is 2.97. The SMILES string of the molecule is OCCCc1cccc(CCC2CCOCC2)c1. The van der Waals surface area contributed by atoms with E-state index in [1.54, 1.807) is 0 Å². The first-order valence-corrected chi connectivity index (χ1v) is 7.15. The Hall–Kier alpha value is -0.860. The van der Waals surface area contributed by atoms with Gasteiger partial charge in [0.05, 0.1) is 0 Å². The van der Waals surface area contributed by atoms with Crippen molar-refractivity contribution >= 4 is 0 Å². The van der Waals surface area contributed by atoms with Crippen LogP contribution in [0.4, 0.5) is 0 Å². The van der Waals surface area contributed by atoms with Gasteiger partial charge < -0.3 is 9.84 Å². The molecule has 1 aromatic carbocycles. The fraction of sp³-hybridized carbons (Fsp3) is 0.625. The molecule has 0 aliphatic carbocycles. The van der Waals surface area contributed by atoms with Gasteiger partial charge in [0.25, 0.3) is 0 Å². The first kappa shape index (κ1) is 13.6. The Morgan fingerprint density at radius 1 is 1.11 bits per heavy atom. The third-order valence-corrected chi connectivity index (χ3v) is 3.80. The van der Waals surface area contributed by atoms with Gasteiger partial charge in [0.1, 0.15) is 0 Å². The number of aliphatic hydroxyl groups is 1. The minimum atomic E-state index is 0.284. The fourth-order valence-corrected chi connectivity index (χ4v) is 2.63. The summed E-state index contributed by atoms with van der Waals surface area (Å²) >= 11 is 0. The van der Waals surface area contributed by atoms with Gasteiger partial charge in [0.15, 0.2) is 0 Å². The minimum absolute atomic E-state index is 0.284. The second-order valence-electron chi connectivity index (χ2n) is 5.24. The van der Waals surface area contributed by atoms with Gasteiger partial charge in [-0.3, -0.25) is 0 Å². The lowest BCUT2D eigenvalue weighted by atomic mass is 9.92. The number of ether oxygens (including phenoxy) is 1. The molecule has 1 aliphatic rings. The van der Waals surface area contributed by atoms with Gasteiger partial charge >= 0.3 is 0 Å². The molecule has 18 heavy (non-hydrogen) atoms. The van der Waals surface area contributed by atoms with E-state index in [1.807, 2.05) is 0 Å². The lowest BCUT2D eigenvalue weighted by molar-refractivity contribution is 0.0640. The largest absolute Gasteiger partial charge is 0.396 e. The summed E-state index contributed by atoms with van der Waals surface area (Å²) in [6.07, 6.45) is 6.77. The van der Waals surface area contributed by atoms with E-state index in [9.17, 15) is 0 Å². The molecule has 1 saturated heterocycles. The zero-order valence-electron chi connectivity index (χ0n) is 11.1. The molecule has 0 atom stereocenters. The maximum Gasteiger partial charge on any atom is 0.0468 e. The molecular formula is C16H24O2. The molecule has 2 rings (SSSR count). The first-order valence-electron chi connectivity index (χ1n) is 7.15. The van der Waals surface area contributed by atoms with Crippen molar-refractivity contribution in [3.05, 3.63) is 35.4 Å². The van der Waals surface area contributed by atoms with Gasteiger partial charge in [-0.15, -0.1) is 0 Å². The smallest absolute Gasteiger partial charge is 0.0468 e. The summed E-state index contributed by atoms with van der Waals surface area (Å²) < 4.78 is 5.39. The molecule has 0 saturated carbocycles. The molecule has 2 nitrogen and oxygen atoms in total. The molecule has 100 valence electrons. The highest BCUT2D eigenvalue weighted by Gasteiger charge is 2.13. The second kappa shape index (κ2) is 7.55. The molecule has 1 N–H and O–H groups in total. The Morgan fingerprint density at radius 3 is 2.56 bits per heavy atom. The van der Waals surface area contributed by atoms with Crippen LogP contribution in [0.2, 0.25) is 0 Å². The highest BCUT2D eigenvalue weighted by Crippen LogP contribution is 2.21. The van der Waals surface area contributed by atoms with E-state index in [0.29, 0.717) is 0 Å². The van der Waals surface area contributed by atoms with Crippen molar-refractivity contribution in [2.75, 3.05) is 19.8 Å². The fourth-order valence-electron chi connectivity index (χ4n) is 2.63. The van der Waals surface area contributed by atoms with Gasteiger partial charge in [-0.05, 0) is 55.6 Å². The van der Waals surface area contributed by atoms with E-state index < -0.39 is 0 Å². The Bertz CT molecular complexity index is 343. The van der Waals surface area contributed by atoms with Gasteiger partial charge in [-0.25, -0.2) is 0 Å². The molecule has 0 spiro atoms. The molecule has 1 aliphatic heterocycles. The molecule has 0 amide bonds. The van der Waals surface area contributed by atoms with Crippen LogP contribution in [0.25, 0.3) is 0 Å². The van der Waals surface area contributed by atoms with Crippen LogP contribution in [0.1, 0.15) is 36.8 Å². The summed E-state index contributed by atoms with van der Waals surface area (Å²) in [7, 11) is 0. The van der Waals surface area contributed by atoms with Gasteiger partial charge in [0.2, 0.25) is 0 Å². The van der Waals surface area contributed by atoms with E-state index in [2.05, 4.69) is 24.3 Å². The Kier molecular flexibility index (Phi) is 5.69. The molecular weight excluding hydrogens is 224 g/mol. The lowest BCUT2D eigenvalue weighted by Gasteiger charge is -2.21. The zero-order chi connectivity index (χ0) is 12.6. The van der Waals surface area contributed by atoms with Crippen LogP contribution in [-0.2, 0) is 17.6 Å². The van der Waals surface area contributed by atoms with Gasteiger partial charge in [0, 0.05) is 19.8 Å². The normalized spacial score (nSPS) is 16.9. The van der Waals surface area contributed by atoms with Gasteiger partial charge in [-0.2, -0.15) is 0 Å². The molecule has 0 unspecified atom stereocenters. The van der Waals surface area contributed by atoms with E-state index in [-0.39, 0.29) is 6.61 Å². The van der Waals surface area contributed by atoms with Crippen molar-refractivity contribution in [1.82, 2.24) is 0 Å². The van der Waals surface area contributed by atoms with Crippen molar-refractivity contribution in [2.24, 2.45) is 5.92 Å². The van der Waals surface area contributed by atoms with Crippen molar-refractivity contribution in [3.63, 3.8) is 0 Å². The monoisotopic (exact) mass is 248 g/mol. The highest BCUT2D eigenvalue weighted by atomic mass is 16.5. The van der Waals surface area contributed by atoms with Crippen molar-refractivity contribution < 1.29 is 9.84 Å². The number of aryl methyl sites for hydroxylation is 2. The van der Waals surface area contributed by atoms with Crippen LogP contribution in [0.5, 0.6) is 0 Å². The number of rotatable bonds is 6. The maximum atomic E-state index is 8.86. The van der Waals surface area contributed by atoms with Crippen LogP contribution < -0.4 is 0 Å². The lowest BCUT2D eigenvalue weighted by Crippen LogP contribution is -2.16. The topological polar surface area (TPSA) is 29.5 Å². The number of hydrogen-bond donors (Lipinski definition) is 1. The molecule has 2 heteroatoms. The third-order valence-electron chi connectivity index (χ3n) is 3.80. The summed E-state index contributed by atoms with van der Waals surface area (Å²) in [5, 5.41) is 8.86. The Morgan fingerprint density at radius 2 is 1.83 bits per heavy atom. The van der Waals surface area contributed by atoms with E-state index >= 15 is 0 Å². The van der Waals surface area contributed by atoms with Crippen molar-refractivity contribution in [3.8, 4) is 0 Å². The van der Waals surface area contributed by atoms with Crippen molar-refractivity contribution in [1.29, 1.82) is 0 Å². The average Bonchev–Trinajstić information content (AvgIpc) is 2.44. The van der Waals surface area contributed by atoms with E-state index in [1.165, 1.54) is 36.8 Å².